The summed E-state index contributed by atoms with van der Waals surface area (Å²) in [7, 11) is 0. The molecule has 1 saturated carbocycles. The second-order valence-corrected chi connectivity index (χ2v) is 7.20. The lowest BCUT2D eigenvalue weighted by Crippen LogP contribution is -2.39. The van der Waals surface area contributed by atoms with Crippen LogP contribution in [0.25, 0.3) is 0 Å². The molecule has 0 radical (unpaired) electrons. The number of hydrogen-bond donors (Lipinski definition) is 2. The Hall–Kier alpha value is -0.0800. The van der Waals surface area contributed by atoms with E-state index in [9.17, 15) is 0 Å². The first-order chi connectivity index (χ1) is 8.43. The molecule has 2 N–H and O–H groups in total. The van der Waals surface area contributed by atoms with Gasteiger partial charge in [-0.25, -0.2) is 0 Å². The fraction of sp³-hybridized carbons (Fsp3) is 1.00. The van der Waals surface area contributed by atoms with Crippen LogP contribution in [0.3, 0.4) is 0 Å². The van der Waals surface area contributed by atoms with Crippen LogP contribution in [-0.2, 0) is 0 Å². The first-order valence-corrected chi connectivity index (χ1v) is 7.87. The highest BCUT2D eigenvalue weighted by Crippen LogP contribution is 2.39. The molecule has 108 valence electrons. The number of hydrogen-bond acceptors (Lipinski definition) is 2. The van der Waals surface area contributed by atoms with E-state index in [0.717, 1.165) is 24.9 Å². The van der Waals surface area contributed by atoms with Crippen molar-refractivity contribution < 1.29 is 0 Å². The molecule has 1 fully saturated rings. The Balaban J connectivity index is 2.16. The maximum atomic E-state index is 3.68. The van der Waals surface area contributed by atoms with E-state index in [4.69, 9.17) is 0 Å². The van der Waals surface area contributed by atoms with Crippen LogP contribution in [0.1, 0.15) is 60.3 Å². The second-order valence-electron chi connectivity index (χ2n) is 7.20. The van der Waals surface area contributed by atoms with E-state index in [1.165, 1.54) is 32.2 Å². The van der Waals surface area contributed by atoms with Gasteiger partial charge in [-0.3, -0.25) is 0 Å². The van der Waals surface area contributed by atoms with Crippen molar-refractivity contribution in [1.29, 1.82) is 0 Å². The molecular weight excluding hydrogens is 220 g/mol. The zero-order chi connectivity index (χ0) is 13.6. The molecule has 1 unspecified atom stereocenters. The Bertz CT molecular complexity index is 212. The predicted molar refractivity (Wildman–Crippen MR) is 80.9 cm³/mol. The quantitative estimate of drug-likeness (QED) is 0.759. The van der Waals surface area contributed by atoms with E-state index in [-0.39, 0.29) is 0 Å². The van der Waals surface area contributed by atoms with Gasteiger partial charge in [-0.15, -0.1) is 0 Å². The highest BCUT2D eigenvalue weighted by atomic mass is 15.0. The molecule has 0 aromatic carbocycles. The van der Waals surface area contributed by atoms with Crippen LogP contribution in [0.5, 0.6) is 0 Å². The fourth-order valence-corrected chi connectivity index (χ4v) is 3.03. The van der Waals surface area contributed by atoms with E-state index in [0.29, 0.717) is 11.5 Å². The van der Waals surface area contributed by atoms with Crippen molar-refractivity contribution in [3.8, 4) is 0 Å². The molecule has 0 aliphatic heterocycles. The van der Waals surface area contributed by atoms with Crippen LogP contribution in [-0.4, -0.2) is 25.7 Å². The molecule has 1 rings (SSSR count). The Morgan fingerprint density at radius 1 is 1.11 bits per heavy atom. The minimum atomic E-state index is 0.511. The molecule has 2 heteroatoms. The summed E-state index contributed by atoms with van der Waals surface area (Å²) < 4.78 is 0. The zero-order valence-electron chi connectivity index (χ0n) is 13.2. The minimum absolute atomic E-state index is 0.511. The van der Waals surface area contributed by atoms with Gasteiger partial charge in [0.1, 0.15) is 0 Å². The van der Waals surface area contributed by atoms with Gasteiger partial charge in [-0.1, -0.05) is 27.7 Å². The molecular formula is C16H34N2. The van der Waals surface area contributed by atoms with Crippen LogP contribution < -0.4 is 10.6 Å². The summed E-state index contributed by atoms with van der Waals surface area (Å²) in [6.45, 7) is 15.0. The molecule has 0 amide bonds. The van der Waals surface area contributed by atoms with Crippen LogP contribution in [0.15, 0.2) is 0 Å². The van der Waals surface area contributed by atoms with Gasteiger partial charge in [0, 0.05) is 12.6 Å². The molecule has 1 aliphatic rings. The lowest BCUT2D eigenvalue weighted by Gasteiger charge is -2.37. The fourth-order valence-electron chi connectivity index (χ4n) is 3.03. The summed E-state index contributed by atoms with van der Waals surface area (Å²) >= 11 is 0. The molecule has 1 atom stereocenters. The average molecular weight is 254 g/mol. The monoisotopic (exact) mass is 254 g/mol. The van der Waals surface area contributed by atoms with Gasteiger partial charge in [0.25, 0.3) is 0 Å². The summed E-state index contributed by atoms with van der Waals surface area (Å²) in [5.74, 6) is 1.85. The van der Waals surface area contributed by atoms with Crippen molar-refractivity contribution in [3.63, 3.8) is 0 Å². The van der Waals surface area contributed by atoms with E-state index in [2.05, 4.69) is 45.3 Å². The van der Waals surface area contributed by atoms with Crippen molar-refractivity contribution in [2.75, 3.05) is 19.6 Å². The lowest BCUT2D eigenvalue weighted by atomic mass is 9.70. The second kappa shape index (κ2) is 7.49. The van der Waals surface area contributed by atoms with Gasteiger partial charge >= 0.3 is 0 Å². The molecule has 0 heterocycles. The Morgan fingerprint density at radius 3 is 2.22 bits per heavy atom. The summed E-state index contributed by atoms with van der Waals surface area (Å²) in [6.07, 6.45) is 5.70. The first-order valence-electron chi connectivity index (χ1n) is 7.87. The molecule has 0 spiro atoms. The largest absolute Gasteiger partial charge is 0.315 e. The summed E-state index contributed by atoms with van der Waals surface area (Å²) in [5, 5.41) is 7.08. The minimum Gasteiger partial charge on any atom is -0.315 e. The van der Waals surface area contributed by atoms with Crippen LogP contribution in [0, 0.1) is 17.3 Å². The van der Waals surface area contributed by atoms with Crippen molar-refractivity contribution >= 4 is 0 Å². The maximum absolute atomic E-state index is 3.68. The standard InChI is InChI=1S/C16H34N2/c1-6-17-11-13(2)18-12-14-7-9-15(10-8-14)16(3,4)5/h13-15,17-18H,6-12H2,1-5H3. The molecule has 0 bridgehead atoms. The van der Waals surface area contributed by atoms with Crippen molar-refractivity contribution in [1.82, 2.24) is 10.6 Å². The zero-order valence-corrected chi connectivity index (χ0v) is 13.2. The molecule has 0 aromatic rings. The molecule has 0 saturated heterocycles. The van der Waals surface area contributed by atoms with Gasteiger partial charge in [0.05, 0.1) is 0 Å². The van der Waals surface area contributed by atoms with Crippen molar-refractivity contribution in [3.05, 3.63) is 0 Å². The Labute approximate surface area is 114 Å². The predicted octanol–water partition coefficient (Wildman–Crippen LogP) is 3.43. The van der Waals surface area contributed by atoms with E-state index in [1.807, 2.05) is 0 Å². The Kier molecular flexibility index (Phi) is 6.65. The van der Waals surface area contributed by atoms with Crippen molar-refractivity contribution in [2.45, 2.75) is 66.3 Å². The molecule has 18 heavy (non-hydrogen) atoms. The number of rotatable bonds is 6. The van der Waals surface area contributed by atoms with Gasteiger partial charge in [-0.2, -0.15) is 0 Å². The summed E-state index contributed by atoms with van der Waals surface area (Å²) in [6, 6.07) is 0.602. The average Bonchev–Trinajstić information content (AvgIpc) is 2.33. The molecule has 0 aromatic heterocycles. The molecule has 2 nitrogen and oxygen atoms in total. The van der Waals surface area contributed by atoms with Gasteiger partial charge in [0.15, 0.2) is 0 Å². The summed E-state index contributed by atoms with van der Waals surface area (Å²) in [5.41, 5.74) is 0.511. The SMILES string of the molecule is CCNCC(C)NCC1CCC(C(C)(C)C)CC1. The van der Waals surface area contributed by atoms with Crippen molar-refractivity contribution in [2.24, 2.45) is 17.3 Å². The Morgan fingerprint density at radius 2 is 1.72 bits per heavy atom. The number of nitrogens with one attached hydrogen (secondary N) is 2. The third kappa shape index (κ3) is 5.71. The third-order valence-electron chi connectivity index (χ3n) is 4.53. The van der Waals surface area contributed by atoms with Crippen LogP contribution in [0.2, 0.25) is 0 Å². The van der Waals surface area contributed by atoms with E-state index in [1.54, 1.807) is 0 Å². The topological polar surface area (TPSA) is 24.1 Å². The normalized spacial score (nSPS) is 27.2. The van der Waals surface area contributed by atoms with E-state index >= 15 is 0 Å². The highest BCUT2D eigenvalue weighted by molar-refractivity contribution is 4.81. The third-order valence-corrected chi connectivity index (χ3v) is 4.53. The highest BCUT2D eigenvalue weighted by Gasteiger charge is 2.29. The van der Waals surface area contributed by atoms with Gasteiger partial charge < -0.3 is 10.6 Å². The first kappa shape index (κ1) is 16.0. The van der Waals surface area contributed by atoms with Crippen LogP contribution in [0.4, 0.5) is 0 Å². The molecule has 1 aliphatic carbocycles. The summed E-state index contributed by atoms with van der Waals surface area (Å²) in [4.78, 5) is 0. The lowest BCUT2D eigenvalue weighted by molar-refractivity contribution is 0.148. The van der Waals surface area contributed by atoms with Gasteiger partial charge in [0.2, 0.25) is 0 Å². The number of likely N-dealkylation sites (N-methyl/N-ethyl adjacent to an activating group) is 1. The van der Waals surface area contributed by atoms with E-state index < -0.39 is 0 Å². The smallest absolute Gasteiger partial charge is 0.0164 e. The maximum Gasteiger partial charge on any atom is 0.0164 e. The van der Waals surface area contributed by atoms with Gasteiger partial charge in [-0.05, 0) is 62.9 Å². The van der Waals surface area contributed by atoms with Crippen LogP contribution >= 0.6 is 0 Å².